The molecule has 0 saturated carbocycles. The normalized spacial score (nSPS) is 17.1. The SMILES string of the molecule is COc1ccc(OC)c(NC(=O)C2CCCN(S(=O)(=O)c3ccc4c(c3)oc(=O)n4C)C2)c1. The predicted molar refractivity (Wildman–Crippen MR) is 121 cm³/mol. The molecule has 176 valence electrons. The van der Waals surface area contributed by atoms with Gasteiger partial charge in [0, 0.05) is 32.3 Å². The molecule has 1 aromatic heterocycles. The van der Waals surface area contributed by atoms with Gasteiger partial charge in [-0.15, -0.1) is 0 Å². The van der Waals surface area contributed by atoms with Crippen molar-refractivity contribution in [3.63, 3.8) is 0 Å². The van der Waals surface area contributed by atoms with Crippen molar-refractivity contribution in [1.29, 1.82) is 0 Å². The summed E-state index contributed by atoms with van der Waals surface area (Å²) >= 11 is 0. The smallest absolute Gasteiger partial charge is 0.419 e. The fourth-order valence-electron chi connectivity index (χ4n) is 3.94. The maximum absolute atomic E-state index is 13.3. The minimum absolute atomic E-state index is 0.0138. The highest BCUT2D eigenvalue weighted by molar-refractivity contribution is 7.89. The summed E-state index contributed by atoms with van der Waals surface area (Å²) in [6.45, 7) is 0.336. The van der Waals surface area contributed by atoms with Crippen LogP contribution in [0.25, 0.3) is 11.1 Å². The second-order valence-corrected chi connectivity index (χ2v) is 9.75. The number of hydrogen-bond donors (Lipinski definition) is 1. The number of methoxy groups -OCH3 is 2. The topological polar surface area (TPSA) is 120 Å². The molecular formula is C22H25N3O7S. The number of carbonyl (C=O) groups is 1. The number of benzene rings is 2. The van der Waals surface area contributed by atoms with Crippen LogP contribution >= 0.6 is 0 Å². The largest absolute Gasteiger partial charge is 0.497 e. The van der Waals surface area contributed by atoms with Gasteiger partial charge in [-0.25, -0.2) is 13.2 Å². The minimum atomic E-state index is -3.88. The van der Waals surface area contributed by atoms with Gasteiger partial charge in [-0.3, -0.25) is 9.36 Å². The lowest BCUT2D eigenvalue weighted by atomic mass is 9.98. The first-order valence-electron chi connectivity index (χ1n) is 10.4. The number of rotatable bonds is 6. The van der Waals surface area contributed by atoms with E-state index in [0.29, 0.717) is 42.1 Å². The van der Waals surface area contributed by atoms with E-state index in [4.69, 9.17) is 13.9 Å². The van der Waals surface area contributed by atoms with Crippen molar-refractivity contribution < 1.29 is 27.1 Å². The molecule has 1 amide bonds. The van der Waals surface area contributed by atoms with E-state index in [2.05, 4.69) is 5.32 Å². The van der Waals surface area contributed by atoms with Crippen LogP contribution in [0.3, 0.4) is 0 Å². The number of hydrogen-bond acceptors (Lipinski definition) is 7. The summed E-state index contributed by atoms with van der Waals surface area (Å²) in [6.07, 6.45) is 1.09. The fraction of sp³-hybridized carbons (Fsp3) is 0.364. The number of piperidine rings is 1. The Balaban J connectivity index is 1.54. The summed E-state index contributed by atoms with van der Waals surface area (Å²) < 4.78 is 44.8. The summed E-state index contributed by atoms with van der Waals surface area (Å²) in [4.78, 5) is 24.7. The van der Waals surface area contributed by atoms with Crippen LogP contribution < -0.4 is 20.5 Å². The van der Waals surface area contributed by atoms with Crippen molar-refractivity contribution in [3.8, 4) is 11.5 Å². The van der Waals surface area contributed by atoms with Gasteiger partial charge in [-0.05, 0) is 37.1 Å². The molecule has 1 aliphatic heterocycles. The average molecular weight is 476 g/mol. The predicted octanol–water partition coefficient (Wildman–Crippen LogP) is 2.19. The lowest BCUT2D eigenvalue weighted by Gasteiger charge is -2.31. The van der Waals surface area contributed by atoms with Gasteiger partial charge >= 0.3 is 5.76 Å². The van der Waals surface area contributed by atoms with Gasteiger partial charge in [0.2, 0.25) is 15.9 Å². The van der Waals surface area contributed by atoms with Gasteiger partial charge in [0.05, 0.1) is 36.2 Å². The molecule has 1 saturated heterocycles. The highest BCUT2D eigenvalue weighted by Gasteiger charge is 2.34. The first-order chi connectivity index (χ1) is 15.7. The molecule has 0 bridgehead atoms. The molecule has 2 heterocycles. The van der Waals surface area contributed by atoms with Crippen LogP contribution in [0, 0.1) is 5.92 Å². The molecule has 33 heavy (non-hydrogen) atoms. The molecule has 3 aromatic rings. The number of anilines is 1. The average Bonchev–Trinajstić information content (AvgIpc) is 3.11. The molecule has 1 N–H and O–H groups in total. The Hall–Kier alpha value is -3.31. The monoisotopic (exact) mass is 475 g/mol. The van der Waals surface area contributed by atoms with Crippen LogP contribution in [-0.2, 0) is 21.9 Å². The Morgan fingerprint density at radius 3 is 2.67 bits per heavy atom. The molecule has 0 radical (unpaired) electrons. The van der Waals surface area contributed by atoms with Gasteiger partial charge in [0.25, 0.3) is 0 Å². The number of amides is 1. The number of aryl methyl sites for hydroxylation is 1. The Morgan fingerprint density at radius 2 is 1.94 bits per heavy atom. The maximum atomic E-state index is 13.3. The number of nitrogens with zero attached hydrogens (tertiary/aromatic N) is 2. The molecule has 4 rings (SSSR count). The molecular weight excluding hydrogens is 450 g/mol. The van der Waals surface area contributed by atoms with E-state index in [0.717, 1.165) is 0 Å². The Kier molecular flexibility index (Phi) is 6.17. The number of nitrogens with one attached hydrogen (secondary N) is 1. The third kappa shape index (κ3) is 4.33. The number of carbonyl (C=O) groups excluding carboxylic acids is 1. The second-order valence-electron chi connectivity index (χ2n) is 7.81. The highest BCUT2D eigenvalue weighted by Crippen LogP contribution is 2.31. The standard InChI is InChI=1S/C22H25N3O7S/c1-24-18-8-7-16(12-20(18)32-22(24)27)33(28,29)25-10-4-5-14(13-25)21(26)23-17-11-15(30-2)6-9-19(17)31-3/h6-9,11-12,14H,4-5,10,13H2,1-3H3,(H,23,26). The van der Waals surface area contributed by atoms with E-state index in [1.54, 1.807) is 25.2 Å². The lowest BCUT2D eigenvalue weighted by molar-refractivity contribution is -0.120. The van der Waals surface area contributed by atoms with E-state index < -0.39 is 21.7 Å². The second kappa shape index (κ2) is 8.91. The summed E-state index contributed by atoms with van der Waals surface area (Å²) in [6, 6.07) is 9.38. The summed E-state index contributed by atoms with van der Waals surface area (Å²) in [5, 5.41) is 2.83. The molecule has 1 atom stereocenters. The van der Waals surface area contributed by atoms with E-state index in [-0.39, 0.29) is 22.9 Å². The molecule has 1 aliphatic rings. The number of sulfonamides is 1. The zero-order chi connectivity index (χ0) is 23.8. The Labute approximate surface area is 190 Å². The van der Waals surface area contributed by atoms with Crippen LogP contribution in [-0.4, -0.2) is 50.5 Å². The molecule has 1 fully saturated rings. The number of ether oxygens (including phenoxy) is 2. The number of aromatic nitrogens is 1. The Morgan fingerprint density at radius 1 is 1.15 bits per heavy atom. The summed E-state index contributed by atoms with van der Waals surface area (Å²) in [7, 11) is 0.688. The number of fused-ring (bicyclic) bond motifs is 1. The molecule has 0 spiro atoms. The van der Waals surface area contributed by atoms with Crippen molar-refractivity contribution in [2.75, 3.05) is 32.6 Å². The van der Waals surface area contributed by atoms with Crippen LogP contribution in [0.4, 0.5) is 5.69 Å². The minimum Gasteiger partial charge on any atom is -0.497 e. The Bertz CT molecular complexity index is 1360. The zero-order valence-electron chi connectivity index (χ0n) is 18.5. The lowest BCUT2D eigenvalue weighted by Crippen LogP contribution is -2.43. The van der Waals surface area contributed by atoms with Crippen molar-refractivity contribution in [2.45, 2.75) is 17.7 Å². The van der Waals surface area contributed by atoms with Crippen molar-refractivity contribution >= 4 is 32.7 Å². The molecule has 10 nitrogen and oxygen atoms in total. The molecule has 0 aliphatic carbocycles. The van der Waals surface area contributed by atoms with E-state index in [9.17, 15) is 18.0 Å². The van der Waals surface area contributed by atoms with Crippen LogP contribution in [0.5, 0.6) is 11.5 Å². The van der Waals surface area contributed by atoms with Gasteiger partial charge in [0.1, 0.15) is 11.5 Å². The van der Waals surface area contributed by atoms with E-state index in [1.807, 2.05) is 0 Å². The summed E-state index contributed by atoms with van der Waals surface area (Å²) in [5.41, 5.74) is 1.15. The fourth-order valence-corrected chi connectivity index (χ4v) is 5.48. The van der Waals surface area contributed by atoms with Crippen molar-refractivity contribution in [3.05, 3.63) is 46.9 Å². The van der Waals surface area contributed by atoms with E-state index >= 15 is 0 Å². The van der Waals surface area contributed by atoms with Gasteiger partial charge in [-0.2, -0.15) is 4.31 Å². The van der Waals surface area contributed by atoms with Crippen LogP contribution in [0.2, 0.25) is 0 Å². The van der Waals surface area contributed by atoms with Gasteiger partial charge in [-0.1, -0.05) is 0 Å². The van der Waals surface area contributed by atoms with Gasteiger partial charge in [0.15, 0.2) is 5.58 Å². The number of oxazole rings is 1. The highest BCUT2D eigenvalue weighted by atomic mass is 32.2. The van der Waals surface area contributed by atoms with Crippen molar-refractivity contribution in [2.24, 2.45) is 13.0 Å². The summed E-state index contributed by atoms with van der Waals surface area (Å²) in [5.74, 6) is -0.375. The van der Waals surface area contributed by atoms with Crippen LogP contribution in [0.1, 0.15) is 12.8 Å². The first-order valence-corrected chi connectivity index (χ1v) is 11.8. The van der Waals surface area contributed by atoms with Crippen molar-refractivity contribution in [1.82, 2.24) is 8.87 Å². The molecule has 11 heteroatoms. The maximum Gasteiger partial charge on any atom is 0.419 e. The molecule has 2 aromatic carbocycles. The third-order valence-electron chi connectivity index (χ3n) is 5.82. The molecule has 1 unspecified atom stereocenters. The van der Waals surface area contributed by atoms with Crippen LogP contribution in [0.15, 0.2) is 50.5 Å². The van der Waals surface area contributed by atoms with E-state index in [1.165, 1.54) is 41.3 Å². The van der Waals surface area contributed by atoms with Gasteiger partial charge < -0.3 is 19.2 Å². The quantitative estimate of drug-likeness (QED) is 0.580. The third-order valence-corrected chi connectivity index (χ3v) is 7.68. The zero-order valence-corrected chi connectivity index (χ0v) is 19.3. The first kappa shape index (κ1) is 22.9.